The third-order valence-electron chi connectivity index (χ3n) is 6.12. The largest absolute Gasteiger partial charge is 2.00 e. The van der Waals surface area contributed by atoms with Crippen LogP contribution in [0.5, 0.6) is 0 Å². The Morgan fingerprint density at radius 1 is 0.568 bits per heavy atom. The Labute approximate surface area is 235 Å². The van der Waals surface area contributed by atoms with Crippen molar-refractivity contribution >= 4 is 40.3 Å². The van der Waals surface area contributed by atoms with Crippen LogP contribution >= 0.6 is 0 Å². The molecule has 0 aromatic heterocycles. The zero-order valence-electron chi connectivity index (χ0n) is 22.5. The van der Waals surface area contributed by atoms with Crippen molar-refractivity contribution in [2.45, 2.75) is 38.0 Å². The molecular weight excluding hydrogens is 692 g/mol. The molecule has 0 N–H and O–H groups in total. The van der Waals surface area contributed by atoms with Gasteiger partial charge >= 0.3 is 38.2 Å². The van der Waals surface area contributed by atoms with Crippen molar-refractivity contribution in [2.24, 2.45) is 0 Å². The van der Waals surface area contributed by atoms with Crippen LogP contribution in [0, 0.1) is 0 Å². The zero-order valence-corrected chi connectivity index (χ0v) is 26.8. The van der Waals surface area contributed by atoms with E-state index in [-0.39, 0.29) is 44.2 Å². The van der Waals surface area contributed by atoms with Gasteiger partial charge in [-0.15, -0.1) is 0 Å². The maximum absolute atomic E-state index is 12.4. The second-order valence-corrected chi connectivity index (χ2v) is 15.2. The van der Waals surface area contributed by atoms with E-state index in [9.17, 15) is 19.2 Å². The topological polar surface area (TPSA) is 105 Å². The normalized spacial score (nSPS) is 12.8. The van der Waals surface area contributed by atoms with Gasteiger partial charge in [-0.05, 0) is 26.9 Å². The van der Waals surface area contributed by atoms with E-state index in [0.717, 1.165) is 0 Å². The summed E-state index contributed by atoms with van der Waals surface area (Å²) in [6.45, 7) is 6.24. The Balaban J connectivity index is 0.000000682. The van der Waals surface area contributed by atoms with Crippen LogP contribution in [-0.2, 0) is 48.4 Å². The minimum atomic E-state index is -2.83. The number of hydrogen-bond acceptors (Lipinski definition) is 8. The van der Waals surface area contributed by atoms with Gasteiger partial charge < -0.3 is 17.7 Å². The number of carbonyl (C=O) groups is 4. The maximum atomic E-state index is 12.4. The number of ketones is 4. The van der Waals surface area contributed by atoms with E-state index in [4.69, 9.17) is 17.7 Å². The molecule has 11 heteroatoms. The van der Waals surface area contributed by atoms with Crippen LogP contribution in [0.4, 0.5) is 0 Å². The number of carbonyl (C=O) groups excluding carboxylic acids is 4. The first-order chi connectivity index (χ1) is 16.9. The molecule has 0 spiro atoms. The average Bonchev–Trinajstić information content (AvgIpc) is 2.89. The van der Waals surface area contributed by atoms with Gasteiger partial charge in [-0.2, -0.15) is 0 Å². The van der Waals surface area contributed by atoms with Crippen LogP contribution in [0.1, 0.15) is 34.6 Å². The second kappa shape index (κ2) is 16.1. The molecule has 2 aromatic carbocycles. The molecule has 0 bridgehead atoms. The first-order valence-electron chi connectivity index (χ1n) is 11.3. The third kappa shape index (κ3) is 9.10. The molecule has 8 nitrogen and oxygen atoms in total. The van der Waals surface area contributed by atoms with Crippen molar-refractivity contribution in [1.82, 2.24) is 0 Å². The molecule has 0 fully saturated rings. The van der Waals surface area contributed by atoms with Gasteiger partial charge in [0.2, 0.25) is 0 Å². The van der Waals surface area contributed by atoms with Crippen LogP contribution in [0.2, 0.25) is 24.2 Å². The minimum Gasteiger partial charge on any atom is -0.397 e. The molecule has 2 aromatic rings. The van der Waals surface area contributed by atoms with Crippen LogP contribution in [0.15, 0.2) is 60.7 Å². The van der Waals surface area contributed by atoms with Crippen LogP contribution in [-0.4, -0.2) is 68.7 Å². The molecule has 0 heterocycles. The zero-order chi connectivity index (χ0) is 27.5. The van der Waals surface area contributed by atoms with Crippen molar-refractivity contribution in [3.63, 3.8) is 0 Å². The molecule has 0 aliphatic rings. The molecule has 37 heavy (non-hydrogen) atoms. The van der Waals surface area contributed by atoms with Gasteiger partial charge in [0.25, 0.3) is 0 Å². The Morgan fingerprint density at radius 3 is 1.00 bits per heavy atom. The van der Waals surface area contributed by atoms with Crippen molar-refractivity contribution in [3.05, 3.63) is 71.8 Å². The molecule has 204 valence electrons. The smallest absolute Gasteiger partial charge is 0.397 e. The molecule has 2 rings (SSSR count). The Hall–Kier alpha value is -1.92. The Bertz CT molecular complexity index is 942. The molecular formula is C26H36O8PtSi2+2. The predicted molar refractivity (Wildman–Crippen MR) is 142 cm³/mol. The third-order valence-corrected chi connectivity index (χ3v) is 12.8. The monoisotopic (exact) mass is 727 g/mol. The second-order valence-electron chi connectivity index (χ2n) is 8.40. The molecule has 0 aliphatic carbocycles. The van der Waals surface area contributed by atoms with Crippen molar-refractivity contribution in [1.29, 1.82) is 0 Å². The van der Waals surface area contributed by atoms with Crippen molar-refractivity contribution < 1.29 is 57.9 Å². The summed E-state index contributed by atoms with van der Waals surface area (Å²) in [5.74, 6) is -0.912. The van der Waals surface area contributed by atoms with Gasteiger partial charge in [-0.1, -0.05) is 60.7 Å². The summed E-state index contributed by atoms with van der Waals surface area (Å²) >= 11 is 0. The SMILES string of the molecule is CO[Si](C)(OC)C(C(C)=O)C(=O)c1ccccc1.CO[Si](C)(OC)C(C(C)=O)C(=O)c1ccccc1.[Pt+2]. The molecule has 0 radical (unpaired) electrons. The van der Waals surface area contributed by atoms with Crippen molar-refractivity contribution in [3.8, 4) is 0 Å². The summed E-state index contributed by atoms with van der Waals surface area (Å²) in [5.41, 5.74) is -0.666. The summed E-state index contributed by atoms with van der Waals surface area (Å²) < 4.78 is 21.3. The fraction of sp³-hybridized carbons (Fsp3) is 0.385. The fourth-order valence-corrected chi connectivity index (χ4v) is 7.80. The van der Waals surface area contributed by atoms with Crippen LogP contribution in [0.3, 0.4) is 0 Å². The number of Topliss-reactive ketones (excluding diaryl/α,β-unsaturated/α-hetero) is 4. The fourth-order valence-electron chi connectivity index (χ4n) is 3.76. The predicted octanol–water partition coefficient (Wildman–Crippen LogP) is 4.38. The number of rotatable bonds is 12. The quantitative estimate of drug-likeness (QED) is 0.180. The standard InChI is InChI=1S/2C13H18O4Si.Pt/c2*1-10(14)13(18(4,16-2)17-3)12(15)11-8-6-5-7-9-11;/h2*5-9,13H,1-4H3;/q;;+2. The van der Waals surface area contributed by atoms with Gasteiger partial charge in [-0.25, -0.2) is 0 Å². The van der Waals surface area contributed by atoms with E-state index < -0.39 is 28.2 Å². The summed E-state index contributed by atoms with van der Waals surface area (Å²) in [6.07, 6.45) is 0. The molecule has 0 saturated carbocycles. The van der Waals surface area contributed by atoms with E-state index in [0.29, 0.717) is 11.1 Å². The van der Waals surface area contributed by atoms with Gasteiger partial charge in [0, 0.05) is 39.6 Å². The molecule has 0 saturated heterocycles. The summed E-state index contributed by atoms with van der Waals surface area (Å²) in [6, 6.07) is 17.5. The number of benzene rings is 2. The van der Waals surface area contributed by atoms with Crippen LogP contribution in [0.25, 0.3) is 0 Å². The van der Waals surface area contributed by atoms with Gasteiger partial charge in [0.1, 0.15) is 22.6 Å². The summed E-state index contributed by atoms with van der Waals surface area (Å²) in [7, 11) is 0.235. The summed E-state index contributed by atoms with van der Waals surface area (Å²) in [5, 5.41) is 0. The maximum Gasteiger partial charge on any atom is 2.00 e. The van der Waals surface area contributed by atoms with Crippen molar-refractivity contribution in [2.75, 3.05) is 28.4 Å². The summed E-state index contributed by atoms with van der Waals surface area (Å²) in [4.78, 5) is 48.4. The Morgan fingerprint density at radius 2 is 0.811 bits per heavy atom. The molecule has 0 amide bonds. The number of hydrogen-bond donors (Lipinski definition) is 0. The molecule has 0 aliphatic heterocycles. The van der Waals surface area contributed by atoms with Gasteiger partial charge in [0.05, 0.1) is 0 Å². The van der Waals surface area contributed by atoms with Gasteiger partial charge in [0.15, 0.2) is 11.6 Å². The minimum absolute atomic E-state index is 0. The van der Waals surface area contributed by atoms with E-state index in [1.54, 1.807) is 61.6 Å². The first kappa shape index (κ1) is 35.1. The first-order valence-corrected chi connectivity index (χ1v) is 16.1. The van der Waals surface area contributed by atoms with E-state index in [1.807, 2.05) is 12.1 Å². The van der Waals surface area contributed by atoms with E-state index >= 15 is 0 Å². The molecule has 2 unspecified atom stereocenters. The van der Waals surface area contributed by atoms with Crippen LogP contribution < -0.4 is 0 Å². The van der Waals surface area contributed by atoms with E-state index in [1.165, 1.54) is 42.3 Å². The van der Waals surface area contributed by atoms with Gasteiger partial charge in [-0.3, -0.25) is 19.2 Å². The average molecular weight is 728 g/mol. The van der Waals surface area contributed by atoms with E-state index in [2.05, 4.69) is 0 Å². The Kier molecular flexibility index (Phi) is 15.3. The molecule has 2 atom stereocenters.